The molecular formula is C12H8Cl2N2O2S. The standard InChI is InChI=1S/C12H8Cl2N2O2S/c1-16-12-10(5-8(14)6-15-12)9-4-7(13)2-3-11(9)19(16,17)18/h2-6H,1H3. The van der Waals surface area contributed by atoms with Crippen molar-refractivity contribution in [2.75, 3.05) is 11.4 Å². The molecule has 1 aromatic heterocycles. The number of sulfonamides is 1. The summed E-state index contributed by atoms with van der Waals surface area (Å²) in [5, 5.41) is 0.904. The van der Waals surface area contributed by atoms with Crippen molar-refractivity contribution in [1.82, 2.24) is 4.98 Å². The van der Waals surface area contributed by atoms with E-state index in [-0.39, 0.29) is 4.90 Å². The molecule has 2 heterocycles. The summed E-state index contributed by atoms with van der Waals surface area (Å²) in [5.41, 5.74) is 1.18. The average molecular weight is 315 g/mol. The van der Waals surface area contributed by atoms with Crippen LogP contribution in [0.25, 0.3) is 11.1 Å². The summed E-state index contributed by atoms with van der Waals surface area (Å²) in [6.07, 6.45) is 1.42. The number of nitrogens with zero attached hydrogens (tertiary/aromatic N) is 2. The highest BCUT2D eigenvalue weighted by atomic mass is 35.5. The van der Waals surface area contributed by atoms with Crippen LogP contribution in [0.3, 0.4) is 0 Å². The fourth-order valence-electron chi connectivity index (χ4n) is 2.08. The highest BCUT2D eigenvalue weighted by Crippen LogP contribution is 2.42. The van der Waals surface area contributed by atoms with Crippen LogP contribution in [0.5, 0.6) is 0 Å². The van der Waals surface area contributed by atoms with Gasteiger partial charge in [-0.25, -0.2) is 13.4 Å². The van der Waals surface area contributed by atoms with Crippen LogP contribution in [-0.4, -0.2) is 20.4 Å². The van der Waals surface area contributed by atoms with E-state index in [0.29, 0.717) is 27.0 Å². The second kappa shape index (κ2) is 4.10. The lowest BCUT2D eigenvalue weighted by molar-refractivity contribution is 0.593. The lowest BCUT2D eigenvalue weighted by atomic mass is 10.1. The topological polar surface area (TPSA) is 50.3 Å². The fraction of sp³-hybridized carbons (Fsp3) is 0.0833. The SMILES string of the molecule is CN1c2ncc(Cl)cc2-c2cc(Cl)ccc2S1(=O)=O. The van der Waals surface area contributed by atoms with E-state index in [1.807, 2.05) is 0 Å². The number of hydrogen-bond acceptors (Lipinski definition) is 3. The molecule has 1 aliphatic heterocycles. The second-order valence-corrected chi connectivity index (χ2v) is 6.95. The van der Waals surface area contributed by atoms with Crippen LogP contribution < -0.4 is 4.31 Å². The van der Waals surface area contributed by atoms with Gasteiger partial charge in [0.05, 0.1) is 9.92 Å². The number of aromatic nitrogens is 1. The van der Waals surface area contributed by atoms with E-state index in [9.17, 15) is 8.42 Å². The van der Waals surface area contributed by atoms with Crippen molar-refractivity contribution in [3.05, 3.63) is 40.5 Å². The van der Waals surface area contributed by atoms with Gasteiger partial charge in [0.25, 0.3) is 10.0 Å². The Bertz CT molecular complexity index is 790. The number of halogens is 2. The molecule has 19 heavy (non-hydrogen) atoms. The first-order chi connectivity index (χ1) is 8.91. The van der Waals surface area contributed by atoms with Crippen molar-refractivity contribution in [2.24, 2.45) is 0 Å². The monoisotopic (exact) mass is 314 g/mol. The van der Waals surface area contributed by atoms with Gasteiger partial charge in [-0.15, -0.1) is 0 Å². The molecule has 2 aromatic rings. The first kappa shape index (κ1) is 12.7. The third-order valence-electron chi connectivity index (χ3n) is 3.00. The smallest absolute Gasteiger partial charge is 0.252 e. The minimum atomic E-state index is -3.59. The van der Waals surface area contributed by atoms with E-state index in [1.54, 1.807) is 18.2 Å². The summed E-state index contributed by atoms with van der Waals surface area (Å²) in [4.78, 5) is 4.30. The molecule has 7 heteroatoms. The molecule has 1 aliphatic rings. The molecule has 0 radical (unpaired) electrons. The normalized spacial score (nSPS) is 15.8. The number of anilines is 1. The van der Waals surface area contributed by atoms with Crippen LogP contribution in [0, 0.1) is 0 Å². The Morgan fingerprint density at radius 3 is 2.53 bits per heavy atom. The minimum absolute atomic E-state index is 0.205. The maximum absolute atomic E-state index is 12.4. The number of pyridine rings is 1. The van der Waals surface area contributed by atoms with Crippen molar-refractivity contribution >= 4 is 39.0 Å². The van der Waals surface area contributed by atoms with Gasteiger partial charge < -0.3 is 0 Å². The predicted molar refractivity (Wildman–Crippen MR) is 75.3 cm³/mol. The van der Waals surface area contributed by atoms with E-state index >= 15 is 0 Å². The van der Waals surface area contributed by atoms with E-state index in [2.05, 4.69) is 4.98 Å². The number of hydrogen-bond donors (Lipinski definition) is 0. The fourth-order valence-corrected chi connectivity index (χ4v) is 3.77. The molecule has 0 atom stereocenters. The Balaban J connectivity index is 2.45. The molecule has 0 saturated carbocycles. The van der Waals surface area contributed by atoms with Gasteiger partial charge >= 0.3 is 0 Å². The van der Waals surface area contributed by atoms with Crippen LogP contribution in [0.15, 0.2) is 35.4 Å². The van der Waals surface area contributed by atoms with Crippen molar-refractivity contribution in [3.63, 3.8) is 0 Å². The molecule has 1 aromatic carbocycles. The summed E-state index contributed by atoms with van der Waals surface area (Å²) < 4.78 is 25.9. The van der Waals surface area contributed by atoms with Gasteiger partial charge in [0.15, 0.2) is 0 Å². The molecule has 0 unspecified atom stereocenters. The molecule has 0 amide bonds. The average Bonchev–Trinajstić information content (AvgIpc) is 2.36. The van der Waals surface area contributed by atoms with Crippen LogP contribution in [0.2, 0.25) is 10.0 Å². The Labute approximate surface area is 120 Å². The number of rotatable bonds is 0. The molecule has 98 valence electrons. The Kier molecular flexibility index (Phi) is 2.74. The Hall–Kier alpha value is -1.30. The quantitative estimate of drug-likeness (QED) is 0.750. The number of fused-ring (bicyclic) bond motifs is 3. The maximum Gasteiger partial charge on any atom is 0.265 e. The van der Waals surface area contributed by atoms with Crippen LogP contribution >= 0.6 is 23.2 Å². The zero-order valence-electron chi connectivity index (χ0n) is 9.76. The third-order valence-corrected chi connectivity index (χ3v) is 5.25. The van der Waals surface area contributed by atoms with Crippen molar-refractivity contribution in [3.8, 4) is 11.1 Å². The summed E-state index contributed by atoms with van der Waals surface area (Å²) in [6, 6.07) is 6.34. The summed E-state index contributed by atoms with van der Waals surface area (Å²) in [5.74, 6) is 0.346. The highest BCUT2D eigenvalue weighted by Gasteiger charge is 2.33. The summed E-state index contributed by atoms with van der Waals surface area (Å²) >= 11 is 11.9. The summed E-state index contributed by atoms with van der Waals surface area (Å²) in [7, 11) is -2.13. The molecule has 0 fully saturated rings. The van der Waals surface area contributed by atoms with Gasteiger partial charge in [0, 0.05) is 29.4 Å². The van der Waals surface area contributed by atoms with Crippen molar-refractivity contribution in [1.29, 1.82) is 0 Å². The van der Waals surface area contributed by atoms with Crippen LogP contribution in [-0.2, 0) is 10.0 Å². The predicted octanol–water partition coefficient (Wildman–Crippen LogP) is 3.19. The molecule has 0 saturated heterocycles. The zero-order chi connectivity index (χ0) is 13.8. The molecule has 3 rings (SSSR count). The first-order valence-corrected chi connectivity index (χ1v) is 7.55. The molecule has 0 spiro atoms. The second-order valence-electron chi connectivity index (χ2n) is 4.14. The van der Waals surface area contributed by atoms with Gasteiger partial charge in [-0.3, -0.25) is 4.31 Å². The summed E-state index contributed by atoms with van der Waals surface area (Å²) in [6.45, 7) is 0. The van der Waals surface area contributed by atoms with Crippen molar-refractivity contribution < 1.29 is 8.42 Å². The first-order valence-electron chi connectivity index (χ1n) is 5.35. The van der Waals surface area contributed by atoms with Gasteiger partial charge in [-0.1, -0.05) is 23.2 Å². The van der Waals surface area contributed by atoms with Gasteiger partial charge in [0.2, 0.25) is 0 Å². The highest BCUT2D eigenvalue weighted by molar-refractivity contribution is 7.93. The minimum Gasteiger partial charge on any atom is -0.252 e. The zero-order valence-corrected chi connectivity index (χ0v) is 12.1. The van der Waals surface area contributed by atoms with E-state index in [0.717, 1.165) is 4.31 Å². The van der Waals surface area contributed by atoms with Gasteiger partial charge in [-0.2, -0.15) is 0 Å². The van der Waals surface area contributed by atoms with Crippen LogP contribution in [0.1, 0.15) is 0 Å². The molecular weight excluding hydrogens is 307 g/mol. The van der Waals surface area contributed by atoms with E-state index in [1.165, 1.54) is 19.3 Å². The van der Waals surface area contributed by atoms with Crippen molar-refractivity contribution in [2.45, 2.75) is 4.90 Å². The number of benzene rings is 1. The maximum atomic E-state index is 12.4. The Morgan fingerprint density at radius 2 is 1.79 bits per heavy atom. The molecule has 0 N–H and O–H groups in total. The van der Waals surface area contributed by atoms with Gasteiger partial charge in [-0.05, 0) is 24.3 Å². The molecule has 4 nitrogen and oxygen atoms in total. The lowest BCUT2D eigenvalue weighted by Gasteiger charge is -2.28. The Morgan fingerprint density at radius 1 is 1.11 bits per heavy atom. The van der Waals surface area contributed by atoms with Crippen LogP contribution in [0.4, 0.5) is 5.82 Å². The van der Waals surface area contributed by atoms with E-state index < -0.39 is 10.0 Å². The third kappa shape index (κ3) is 1.81. The van der Waals surface area contributed by atoms with Gasteiger partial charge in [0.1, 0.15) is 5.82 Å². The molecule has 0 aliphatic carbocycles. The molecule has 0 bridgehead atoms. The largest absolute Gasteiger partial charge is 0.265 e. The lowest BCUT2D eigenvalue weighted by Crippen LogP contribution is -2.31. The van der Waals surface area contributed by atoms with E-state index in [4.69, 9.17) is 23.2 Å².